The van der Waals surface area contributed by atoms with E-state index in [2.05, 4.69) is 36.6 Å². The fourth-order valence-corrected chi connectivity index (χ4v) is 4.74. The number of aromatic nitrogens is 1. The lowest BCUT2D eigenvalue weighted by Gasteiger charge is -2.13. The Morgan fingerprint density at radius 1 is 0.933 bits per heavy atom. The van der Waals surface area contributed by atoms with Gasteiger partial charge in [-0.3, -0.25) is 9.59 Å². The van der Waals surface area contributed by atoms with Gasteiger partial charge in [0.1, 0.15) is 0 Å². The summed E-state index contributed by atoms with van der Waals surface area (Å²) < 4.78 is 2.18. The molecule has 1 fully saturated rings. The number of nitrogens with zero attached hydrogens (tertiary/aromatic N) is 2. The number of carbonyl (C=O) groups is 2. The number of amides is 2. The smallest absolute Gasteiger partial charge is 0.298 e. The van der Waals surface area contributed by atoms with Crippen molar-refractivity contribution >= 4 is 46.3 Å². The molecule has 0 saturated carbocycles. The van der Waals surface area contributed by atoms with Crippen molar-refractivity contribution in [2.45, 2.75) is 27.7 Å². The van der Waals surface area contributed by atoms with Crippen molar-refractivity contribution in [3.05, 3.63) is 86.5 Å². The lowest BCUT2D eigenvalue weighted by atomic mass is 10.1. The zero-order valence-electron chi connectivity index (χ0n) is 17.2. The summed E-state index contributed by atoms with van der Waals surface area (Å²) in [5, 5.41) is 0.247. The summed E-state index contributed by atoms with van der Waals surface area (Å²) in [4.78, 5) is 27.1. The summed E-state index contributed by atoms with van der Waals surface area (Å²) in [5.41, 5.74) is 7.06. The predicted molar refractivity (Wildman–Crippen MR) is 125 cm³/mol. The second-order valence-corrected chi connectivity index (χ2v) is 8.87. The number of aryl methyl sites for hydroxylation is 3. The molecule has 4 nitrogen and oxygen atoms in total. The van der Waals surface area contributed by atoms with E-state index in [1.165, 1.54) is 16.0 Å². The van der Waals surface area contributed by atoms with Crippen LogP contribution in [0.1, 0.15) is 28.1 Å². The average molecular weight is 437 g/mol. The highest BCUT2D eigenvalue weighted by Crippen LogP contribution is 2.37. The Kier molecular flexibility index (Phi) is 5.35. The standard InChI is InChI=1S/C24H21ClN2O2S/c1-14-5-10-21(15(2)11-14)26-16(3)12-18(17(26)4)13-22-23(28)27(24(29)30-22)20-8-6-19(25)7-9-20/h5-13H,1-4H3/b22-13+. The molecule has 3 aromatic rings. The van der Waals surface area contributed by atoms with Gasteiger partial charge in [-0.25, -0.2) is 4.90 Å². The molecule has 4 rings (SSSR count). The average Bonchev–Trinajstić information content (AvgIpc) is 3.12. The minimum atomic E-state index is -0.316. The molecule has 0 unspecified atom stereocenters. The number of hydrogen-bond acceptors (Lipinski definition) is 3. The van der Waals surface area contributed by atoms with Crippen molar-refractivity contribution in [1.82, 2.24) is 4.57 Å². The van der Waals surface area contributed by atoms with Crippen LogP contribution in [0.25, 0.3) is 11.8 Å². The highest BCUT2D eigenvalue weighted by molar-refractivity contribution is 8.19. The highest BCUT2D eigenvalue weighted by atomic mass is 35.5. The monoisotopic (exact) mass is 436 g/mol. The van der Waals surface area contributed by atoms with Crippen molar-refractivity contribution < 1.29 is 9.59 Å². The van der Waals surface area contributed by atoms with Crippen LogP contribution in [0.15, 0.2) is 53.4 Å². The maximum absolute atomic E-state index is 12.9. The van der Waals surface area contributed by atoms with Crippen LogP contribution in [0.3, 0.4) is 0 Å². The third-order valence-electron chi connectivity index (χ3n) is 5.23. The van der Waals surface area contributed by atoms with E-state index in [1.54, 1.807) is 24.3 Å². The molecular formula is C24H21ClN2O2S. The first-order valence-electron chi connectivity index (χ1n) is 9.56. The Morgan fingerprint density at radius 3 is 2.30 bits per heavy atom. The van der Waals surface area contributed by atoms with Gasteiger partial charge < -0.3 is 4.57 Å². The predicted octanol–water partition coefficient (Wildman–Crippen LogP) is 6.61. The Labute approximate surface area is 185 Å². The molecule has 1 aromatic heterocycles. The molecule has 2 heterocycles. The zero-order chi connectivity index (χ0) is 21.6. The quantitative estimate of drug-likeness (QED) is 0.434. The van der Waals surface area contributed by atoms with Gasteiger partial charge in [0.05, 0.1) is 10.6 Å². The summed E-state index contributed by atoms with van der Waals surface area (Å²) in [7, 11) is 0. The number of halogens is 1. The SMILES string of the molecule is Cc1ccc(-n2c(C)cc(/C=C3/SC(=O)N(c4ccc(Cl)cc4)C3=O)c2C)c(C)c1. The number of hydrogen-bond donors (Lipinski definition) is 0. The largest absolute Gasteiger partial charge is 0.318 e. The van der Waals surface area contributed by atoms with E-state index < -0.39 is 0 Å². The van der Waals surface area contributed by atoms with Gasteiger partial charge in [0.2, 0.25) is 0 Å². The third-order valence-corrected chi connectivity index (χ3v) is 6.35. The van der Waals surface area contributed by atoms with E-state index in [4.69, 9.17) is 11.6 Å². The molecular weight excluding hydrogens is 416 g/mol. The van der Waals surface area contributed by atoms with E-state index >= 15 is 0 Å². The normalized spacial score (nSPS) is 15.5. The van der Waals surface area contributed by atoms with E-state index in [-0.39, 0.29) is 11.1 Å². The van der Waals surface area contributed by atoms with E-state index in [0.29, 0.717) is 15.6 Å². The van der Waals surface area contributed by atoms with E-state index in [1.807, 2.05) is 26.0 Å². The third kappa shape index (κ3) is 3.59. The Bertz CT molecular complexity index is 1210. The van der Waals surface area contributed by atoms with Gasteiger partial charge in [0.15, 0.2) is 0 Å². The lowest BCUT2D eigenvalue weighted by molar-refractivity contribution is -0.113. The van der Waals surface area contributed by atoms with Crippen LogP contribution in [0, 0.1) is 27.7 Å². The molecule has 0 radical (unpaired) electrons. The van der Waals surface area contributed by atoms with Gasteiger partial charge in [-0.2, -0.15) is 0 Å². The number of benzene rings is 2. The Balaban J connectivity index is 1.71. The van der Waals surface area contributed by atoms with Crippen LogP contribution < -0.4 is 4.90 Å². The molecule has 152 valence electrons. The van der Waals surface area contributed by atoms with Gasteiger partial charge in [0, 0.05) is 22.1 Å². The maximum Gasteiger partial charge on any atom is 0.298 e. The molecule has 0 spiro atoms. The van der Waals surface area contributed by atoms with Gasteiger partial charge in [-0.15, -0.1) is 0 Å². The summed E-state index contributed by atoms with van der Waals surface area (Å²) in [6, 6.07) is 15.1. The number of carbonyl (C=O) groups excluding carboxylic acids is 2. The van der Waals surface area contributed by atoms with Crippen LogP contribution >= 0.6 is 23.4 Å². The summed E-state index contributed by atoms with van der Waals surface area (Å²) in [6.07, 6.45) is 1.81. The molecule has 2 amide bonds. The van der Waals surface area contributed by atoms with Gasteiger partial charge >= 0.3 is 0 Å². The topological polar surface area (TPSA) is 42.3 Å². The molecule has 0 bridgehead atoms. The number of thioether (sulfide) groups is 1. The van der Waals surface area contributed by atoms with Crippen LogP contribution in [-0.2, 0) is 4.79 Å². The van der Waals surface area contributed by atoms with Gasteiger partial charge in [-0.05, 0) is 93.1 Å². The molecule has 30 heavy (non-hydrogen) atoms. The van der Waals surface area contributed by atoms with E-state index in [9.17, 15) is 9.59 Å². The molecule has 0 N–H and O–H groups in total. The first-order chi connectivity index (χ1) is 14.3. The first kappa shape index (κ1) is 20.5. The van der Waals surface area contributed by atoms with Crippen LogP contribution in [0.5, 0.6) is 0 Å². The maximum atomic E-state index is 12.9. The number of imide groups is 1. The van der Waals surface area contributed by atoms with Crippen molar-refractivity contribution in [3.8, 4) is 5.69 Å². The molecule has 1 saturated heterocycles. The van der Waals surface area contributed by atoms with Crippen molar-refractivity contribution in [3.63, 3.8) is 0 Å². The van der Waals surface area contributed by atoms with Crippen molar-refractivity contribution in [2.75, 3.05) is 4.90 Å². The number of rotatable bonds is 3. The Morgan fingerprint density at radius 2 is 1.63 bits per heavy atom. The van der Waals surface area contributed by atoms with Crippen molar-refractivity contribution in [2.24, 2.45) is 0 Å². The second kappa shape index (κ2) is 7.82. The van der Waals surface area contributed by atoms with Crippen molar-refractivity contribution in [1.29, 1.82) is 0 Å². The van der Waals surface area contributed by atoms with Crippen LogP contribution in [-0.4, -0.2) is 15.7 Å². The molecule has 0 atom stereocenters. The molecule has 1 aliphatic rings. The highest BCUT2D eigenvalue weighted by Gasteiger charge is 2.36. The summed E-state index contributed by atoms with van der Waals surface area (Å²) >= 11 is 6.88. The molecule has 1 aliphatic heterocycles. The second-order valence-electron chi connectivity index (χ2n) is 7.45. The zero-order valence-corrected chi connectivity index (χ0v) is 18.8. The Hall–Kier alpha value is -2.76. The fourth-order valence-electron chi connectivity index (χ4n) is 3.78. The van der Waals surface area contributed by atoms with Crippen LogP contribution in [0.2, 0.25) is 5.02 Å². The minimum absolute atomic E-state index is 0.309. The molecule has 6 heteroatoms. The van der Waals surface area contributed by atoms with Gasteiger partial charge in [0.25, 0.3) is 11.1 Å². The van der Waals surface area contributed by atoms with Crippen LogP contribution in [0.4, 0.5) is 10.5 Å². The minimum Gasteiger partial charge on any atom is -0.318 e. The lowest BCUT2D eigenvalue weighted by Crippen LogP contribution is -2.27. The fraction of sp³-hybridized carbons (Fsp3) is 0.167. The summed E-state index contributed by atoms with van der Waals surface area (Å²) in [5.74, 6) is -0.316. The first-order valence-corrected chi connectivity index (χ1v) is 10.8. The van der Waals surface area contributed by atoms with Gasteiger partial charge in [-0.1, -0.05) is 29.3 Å². The number of anilines is 1. The molecule has 0 aliphatic carbocycles. The molecule has 2 aromatic carbocycles. The van der Waals surface area contributed by atoms with E-state index in [0.717, 1.165) is 34.4 Å². The summed E-state index contributed by atoms with van der Waals surface area (Å²) in [6.45, 7) is 8.25.